The lowest BCUT2D eigenvalue weighted by molar-refractivity contribution is 1.22. The highest BCUT2D eigenvalue weighted by Crippen LogP contribution is 2.28. The van der Waals surface area contributed by atoms with E-state index in [-0.39, 0.29) is 0 Å². The van der Waals surface area contributed by atoms with Gasteiger partial charge in [0.1, 0.15) is 32.4 Å². The topological polar surface area (TPSA) is 85.2 Å². The van der Waals surface area contributed by atoms with Crippen LogP contribution in [0.4, 0.5) is 5.00 Å². The summed E-state index contributed by atoms with van der Waals surface area (Å²) in [7, 11) is 7.29. The van der Waals surface area contributed by atoms with Gasteiger partial charge in [-0.1, -0.05) is 31.0 Å². The molecular formula is C12H9N5S5. The predicted molar refractivity (Wildman–Crippen MR) is 95.3 cm³/mol. The maximum absolute atomic E-state index is 9.27. The number of rotatable bonds is 3. The van der Waals surface area contributed by atoms with Crippen LogP contribution in [0.1, 0.15) is 17.5 Å². The molecular weight excluding hydrogens is 375 g/mol. The zero-order valence-electron chi connectivity index (χ0n) is 11.8. The van der Waals surface area contributed by atoms with Gasteiger partial charge in [0.25, 0.3) is 0 Å². The third kappa shape index (κ3) is 3.54. The third-order valence-corrected chi connectivity index (χ3v) is 7.65. The number of nitrogens with zero attached hydrogens (tertiary/aromatic N) is 5. The zero-order chi connectivity index (χ0) is 16.1. The molecule has 0 aliphatic heterocycles. The van der Waals surface area contributed by atoms with Gasteiger partial charge in [-0.25, -0.2) is 9.98 Å². The summed E-state index contributed by atoms with van der Waals surface area (Å²) in [5.41, 5.74) is 1.06. The quantitative estimate of drug-likeness (QED) is 0.599. The molecule has 0 saturated heterocycles. The van der Waals surface area contributed by atoms with E-state index < -0.39 is 0 Å². The molecule has 0 spiro atoms. The molecule has 0 amide bonds. The Morgan fingerprint density at radius 1 is 1.23 bits per heavy atom. The Morgan fingerprint density at radius 2 is 2.00 bits per heavy atom. The Labute approximate surface area is 146 Å². The minimum atomic E-state index is 0.482. The molecule has 0 radical (unpaired) electrons. The van der Waals surface area contributed by atoms with Gasteiger partial charge in [0.15, 0.2) is 0 Å². The fourth-order valence-electron chi connectivity index (χ4n) is 1.38. The van der Waals surface area contributed by atoms with Crippen molar-refractivity contribution in [3.8, 4) is 12.1 Å². The summed E-state index contributed by atoms with van der Waals surface area (Å²) in [6, 6.07) is 4.32. The molecule has 0 aliphatic rings. The number of hydrogen-bond donors (Lipinski definition) is 0. The van der Waals surface area contributed by atoms with E-state index in [1.54, 1.807) is 7.05 Å². The molecule has 0 bridgehead atoms. The van der Waals surface area contributed by atoms with Gasteiger partial charge in [-0.3, -0.25) is 4.99 Å². The fraction of sp³-hybridized carbons (Fsp3) is 0.250. The molecule has 0 fully saturated rings. The van der Waals surface area contributed by atoms with Gasteiger partial charge in [0.2, 0.25) is 4.80 Å². The van der Waals surface area contributed by atoms with E-state index in [0.717, 1.165) is 4.91 Å². The number of nitriles is 2. The predicted octanol–water partition coefficient (Wildman–Crippen LogP) is 3.58. The fourth-order valence-corrected chi connectivity index (χ4v) is 5.95. The Morgan fingerprint density at radius 3 is 2.59 bits per heavy atom. The second kappa shape index (κ2) is 7.81. The van der Waals surface area contributed by atoms with Crippen LogP contribution >= 0.6 is 53.1 Å². The van der Waals surface area contributed by atoms with Crippen molar-refractivity contribution in [1.29, 1.82) is 10.5 Å². The summed E-state index contributed by atoms with van der Waals surface area (Å²) in [4.78, 5) is 14.4. The molecule has 0 N–H and O–H groups in total. The molecule has 10 heteroatoms. The zero-order valence-corrected chi connectivity index (χ0v) is 15.9. The Balaban J connectivity index is 2.52. The van der Waals surface area contributed by atoms with Gasteiger partial charge in [-0.2, -0.15) is 10.5 Å². The third-order valence-electron chi connectivity index (χ3n) is 2.52. The molecule has 0 saturated carbocycles. The first kappa shape index (κ1) is 17.1. The normalized spacial score (nSPS) is 13.7. The summed E-state index contributed by atoms with van der Waals surface area (Å²) in [6.45, 7) is 1.90. The minimum Gasteiger partial charge on any atom is -0.276 e. The highest BCUT2D eigenvalue weighted by molar-refractivity contribution is 8.02. The lowest BCUT2D eigenvalue weighted by atomic mass is 10.3. The van der Waals surface area contributed by atoms with Crippen molar-refractivity contribution in [3.63, 3.8) is 0 Å². The minimum absolute atomic E-state index is 0.482. The SMILES string of the molecule is CN=c1ssc(/N=c2/nc(C(C#N)=C(C)SC)ss2)c1C#N. The average Bonchev–Trinajstić information content (AvgIpc) is 3.14. The highest BCUT2D eigenvalue weighted by Gasteiger charge is 2.11. The summed E-state index contributed by atoms with van der Waals surface area (Å²) >= 11 is 1.52. The van der Waals surface area contributed by atoms with E-state index in [9.17, 15) is 10.5 Å². The van der Waals surface area contributed by atoms with E-state index in [0.29, 0.717) is 30.6 Å². The van der Waals surface area contributed by atoms with Gasteiger partial charge in [-0.05, 0) is 23.5 Å². The lowest BCUT2D eigenvalue weighted by Crippen LogP contribution is -2.00. The molecule has 5 nitrogen and oxygen atoms in total. The van der Waals surface area contributed by atoms with Gasteiger partial charge in [-0.15, -0.1) is 11.8 Å². The summed E-state index contributed by atoms with van der Waals surface area (Å²) in [6.07, 6.45) is 1.93. The van der Waals surface area contributed by atoms with Crippen molar-refractivity contribution in [3.05, 3.63) is 24.9 Å². The van der Waals surface area contributed by atoms with Crippen molar-refractivity contribution < 1.29 is 0 Å². The summed E-state index contributed by atoms with van der Waals surface area (Å²) in [5, 5.41) is 19.8. The van der Waals surface area contributed by atoms with Crippen LogP contribution in [0.25, 0.3) is 5.57 Å². The van der Waals surface area contributed by atoms with Crippen molar-refractivity contribution >= 4 is 63.7 Å². The number of thioether (sulfide) groups is 1. The maximum Gasteiger partial charge on any atom is 0.221 e. The smallest absolute Gasteiger partial charge is 0.221 e. The van der Waals surface area contributed by atoms with Crippen molar-refractivity contribution in [2.45, 2.75) is 6.92 Å². The highest BCUT2D eigenvalue weighted by atomic mass is 32.9. The van der Waals surface area contributed by atoms with Crippen molar-refractivity contribution in [1.82, 2.24) is 4.98 Å². The van der Waals surface area contributed by atoms with E-state index >= 15 is 0 Å². The van der Waals surface area contributed by atoms with Crippen LogP contribution < -0.4 is 9.47 Å². The van der Waals surface area contributed by atoms with Crippen LogP contribution in [0.5, 0.6) is 0 Å². The molecule has 2 heterocycles. The van der Waals surface area contributed by atoms with Gasteiger partial charge >= 0.3 is 0 Å². The molecule has 2 aromatic rings. The summed E-state index contributed by atoms with van der Waals surface area (Å²) < 4.78 is 0.683. The Kier molecular flexibility index (Phi) is 6.06. The maximum atomic E-state index is 9.27. The van der Waals surface area contributed by atoms with Gasteiger partial charge < -0.3 is 0 Å². The number of aromatic nitrogens is 1. The Bertz CT molecular complexity index is 924. The van der Waals surface area contributed by atoms with Crippen LogP contribution in [0.3, 0.4) is 0 Å². The van der Waals surface area contributed by atoms with Crippen LogP contribution in [-0.2, 0) is 0 Å². The standard InChI is InChI=1S/C12H9N5S5/c1-6(18-3)7(4-13)10-16-12(22-21-10)17-11-8(5-14)9(15-2)19-20-11/h1-3H3/b7-6?,15-9?,17-12-. The first-order chi connectivity index (χ1) is 10.6. The van der Waals surface area contributed by atoms with Crippen LogP contribution in [0.15, 0.2) is 14.9 Å². The second-order valence-corrected chi connectivity index (χ2v) is 8.93. The van der Waals surface area contributed by atoms with Crippen LogP contribution in [0, 0.1) is 22.7 Å². The first-order valence-electron chi connectivity index (χ1n) is 5.77. The number of hydrogen-bond acceptors (Lipinski definition) is 10. The van der Waals surface area contributed by atoms with Crippen molar-refractivity contribution in [2.24, 2.45) is 9.98 Å². The molecule has 112 valence electrons. The number of allylic oxidation sites excluding steroid dienone is 2. The average molecular weight is 384 g/mol. The van der Waals surface area contributed by atoms with Crippen LogP contribution in [0.2, 0.25) is 0 Å². The second-order valence-electron chi connectivity index (χ2n) is 3.71. The van der Waals surface area contributed by atoms with E-state index in [1.165, 1.54) is 53.1 Å². The molecule has 22 heavy (non-hydrogen) atoms. The summed E-state index contributed by atoms with van der Waals surface area (Å²) in [5.74, 6) is 0. The molecule has 2 rings (SSSR count). The largest absolute Gasteiger partial charge is 0.276 e. The first-order valence-corrected chi connectivity index (χ1v) is 11.3. The van der Waals surface area contributed by atoms with Gasteiger partial charge in [0, 0.05) is 12.0 Å². The molecule has 2 aromatic heterocycles. The van der Waals surface area contributed by atoms with Gasteiger partial charge in [0.05, 0.1) is 5.57 Å². The molecule has 0 aliphatic carbocycles. The Hall–Kier alpha value is -1.30. The lowest BCUT2D eigenvalue weighted by Gasteiger charge is -1.96. The van der Waals surface area contributed by atoms with E-state index in [2.05, 4.69) is 27.1 Å². The monoisotopic (exact) mass is 383 g/mol. The van der Waals surface area contributed by atoms with Crippen LogP contribution in [-0.4, -0.2) is 18.3 Å². The molecule has 0 unspecified atom stereocenters. The van der Waals surface area contributed by atoms with E-state index in [1.807, 2.05) is 13.2 Å². The molecule has 0 atom stereocenters. The van der Waals surface area contributed by atoms with Crippen molar-refractivity contribution in [2.75, 3.05) is 13.3 Å². The van der Waals surface area contributed by atoms with E-state index in [4.69, 9.17) is 0 Å². The molecule has 0 aromatic carbocycles.